The smallest absolute Gasteiger partial charge is 0.126 e. The molecule has 0 saturated carbocycles. The summed E-state index contributed by atoms with van der Waals surface area (Å²) >= 11 is 6.09. The molecule has 102 valence electrons. The van der Waals surface area contributed by atoms with Crippen molar-refractivity contribution in [2.24, 2.45) is 7.05 Å². The summed E-state index contributed by atoms with van der Waals surface area (Å²) in [4.78, 5) is 0. The SMILES string of the molecule is CCOC1(C(O)c2c(Cl)cnn2C)CCOCC1. The molecule has 0 radical (unpaired) electrons. The quantitative estimate of drug-likeness (QED) is 0.908. The van der Waals surface area contributed by atoms with Crippen LogP contribution in [-0.2, 0) is 16.5 Å². The van der Waals surface area contributed by atoms with Crippen LogP contribution in [0, 0.1) is 0 Å². The molecule has 1 saturated heterocycles. The van der Waals surface area contributed by atoms with Crippen LogP contribution in [0.3, 0.4) is 0 Å². The van der Waals surface area contributed by atoms with Gasteiger partial charge in [-0.25, -0.2) is 0 Å². The molecule has 18 heavy (non-hydrogen) atoms. The zero-order valence-electron chi connectivity index (χ0n) is 10.7. The number of aliphatic hydroxyl groups is 1. The van der Waals surface area contributed by atoms with Gasteiger partial charge in [-0.05, 0) is 6.92 Å². The number of aryl methyl sites for hydroxylation is 1. The molecular weight excluding hydrogens is 256 g/mol. The lowest BCUT2D eigenvalue weighted by Crippen LogP contribution is -2.45. The lowest BCUT2D eigenvalue weighted by Gasteiger charge is -2.40. The molecule has 0 aliphatic carbocycles. The third-order valence-corrected chi connectivity index (χ3v) is 3.76. The molecule has 1 fully saturated rings. The Morgan fingerprint density at radius 1 is 1.61 bits per heavy atom. The maximum Gasteiger partial charge on any atom is 0.126 e. The van der Waals surface area contributed by atoms with Gasteiger partial charge >= 0.3 is 0 Å². The maximum absolute atomic E-state index is 10.7. The minimum atomic E-state index is -0.790. The number of hydrogen-bond acceptors (Lipinski definition) is 4. The number of halogens is 1. The molecule has 1 atom stereocenters. The predicted molar refractivity (Wildman–Crippen MR) is 67.6 cm³/mol. The summed E-state index contributed by atoms with van der Waals surface area (Å²) in [5.41, 5.74) is -0.0169. The van der Waals surface area contributed by atoms with Crippen molar-refractivity contribution < 1.29 is 14.6 Å². The van der Waals surface area contributed by atoms with E-state index < -0.39 is 11.7 Å². The van der Waals surface area contributed by atoms with Gasteiger partial charge in [-0.3, -0.25) is 4.68 Å². The van der Waals surface area contributed by atoms with Gasteiger partial charge in [0.1, 0.15) is 11.7 Å². The molecule has 1 unspecified atom stereocenters. The Hall–Kier alpha value is -0.620. The predicted octanol–water partition coefficient (Wildman–Crippen LogP) is 1.69. The molecule has 2 heterocycles. The van der Waals surface area contributed by atoms with Crippen LogP contribution in [-0.4, -0.2) is 40.3 Å². The molecular formula is C12H19ClN2O3. The highest BCUT2D eigenvalue weighted by molar-refractivity contribution is 6.31. The van der Waals surface area contributed by atoms with Gasteiger partial charge in [0.2, 0.25) is 0 Å². The summed E-state index contributed by atoms with van der Waals surface area (Å²) in [7, 11) is 1.77. The average molecular weight is 275 g/mol. The summed E-state index contributed by atoms with van der Waals surface area (Å²) < 4.78 is 12.8. The molecule has 5 nitrogen and oxygen atoms in total. The molecule has 0 aromatic carbocycles. The van der Waals surface area contributed by atoms with Crippen LogP contribution in [0.4, 0.5) is 0 Å². The fourth-order valence-corrected chi connectivity index (χ4v) is 2.75. The zero-order valence-corrected chi connectivity index (χ0v) is 11.5. The molecule has 6 heteroatoms. The van der Waals surface area contributed by atoms with E-state index in [1.54, 1.807) is 17.9 Å². The Morgan fingerprint density at radius 3 is 2.78 bits per heavy atom. The second kappa shape index (κ2) is 5.57. The molecule has 1 aromatic heterocycles. The first-order valence-electron chi connectivity index (χ1n) is 6.18. The van der Waals surface area contributed by atoms with E-state index >= 15 is 0 Å². The summed E-state index contributed by atoms with van der Waals surface area (Å²) in [5.74, 6) is 0. The standard InChI is InChI=1S/C12H19ClN2O3/c1-3-18-12(4-6-17-7-5-12)11(16)10-9(13)8-14-15(10)2/h8,11,16H,3-7H2,1-2H3. The summed E-state index contributed by atoms with van der Waals surface area (Å²) in [6.45, 7) is 3.65. The van der Waals surface area contributed by atoms with Crippen molar-refractivity contribution in [1.82, 2.24) is 9.78 Å². The monoisotopic (exact) mass is 274 g/mol. The van der Waals surface area contributed by atoms with Crippen molar-refractivity contribution in [2.45, 2.75) is 31.5 Å². The highest BCUT2D eigenvalue weighted by atomic mass is 35.5. The van der Waals surface area contributed by atoms with E-state index in [1.165, 1.54) is 0 Å². The largest absolute Gasteiger partial charge is 0.384 e. The van der Waals surface area contributed by atoms with Crippen LogP contribution in [0.5, 0.6) is 0 Å². The molecule has 1 aromatic rings. The highest BCUT2D eigenvalue weighted by Gasteiger charge is 2.43. The third kappa shape index (κ3) is 2.40. The zero-order chi connectivity index (χ0) is 13.2. The number of nitrogens with zero attached hydrogens (tertiary/aromatic N) is 2. The van der Waals surface area contributed by atoms with E-state index in [4.69, 9.17) is 21.1 Å². The fourth-order valence-electron chi connectivity index (χ4n) is 2.48. The van der Waals surface area contributed by atoms with Gasteiger partial charge in [0.25, 0.3) is 0 Å². The van der Waals surface area contributed by atoms with Crippen molar-refractivity contribution in [3.63, 3.8) is 0 Å². The lowest BCUT2D eigenvalue weighted by molar-refractivity contribution is -0.169. The van der Waals surface area contributed by atoms with Gasteiger partial charge in [0.15, 0.2) is 0 Å². The first-order valence-corrected chi connectivity index (χ1v) is 6.55. The third-order valence-electron chi connectivity index (χ3n) is 3.47. The Labute approximate surface area is 112 Å². The number of aromatic nitrogens is 2. The highest BCUT2D eigenvalue weighted by Crippen LogP contribution is 2.39. The Balaban J connectivity index is 2.30. The Morgan fingerprint density at radius 2 is 2.28 bits per heavy atom. The lowest BCUT2D eigenvalue weighted by atomic mass is 9.86. The summed E-state index contributed by atoms with van der Waals surface area (Å²) in [5, 5.41) is 15.2. The van der Waals surface area contributed by atoms with E-state index in [1.807, 2.05) is 6.92 Å². The topological polar surface area (TPSA) is 56.5 Å². The first kappa shape index (κ1) is 13.8. The molecule has 1 aliphatic heterocycles. The van der Waals surface area contributed by atoms with Crippen LogP contribution in [0.1, 0.15) is 31.6 Å². The molecule has 0 bridgehead atoms. The van der Waals surface area contributed by atoms with Crippen LogP contribution in [0.25, 0.3) is 0 Å². The van der Waals surface area contributed by atoms with E-state index in [0.717, 1.165) is 0 Å². The normalized spacial score (nSPS) is 20.9. The van der Waals surface area contributed by atoms with Gasteiger partial charge in [0, 0.05) is 39.7 Å². The van der Waals surface area contributed by atoms with Crippen molar-refractivity contribution in [1.29, 1.82) is 0 Å². The van der Waals surface area contributed by atoms with E-state index in [0.29, 0.717) is 43.4 Å². The molecule has 2 rings (SSSR count). The average Bonchev–Trinajstić information content (AvgIpc) is 2.70. The Kier molecular flexibility index (Phi) is 4.27. The van der Waals surface area contributed by atoms with E-state index in [-0.39, 0.29) is 0 Å². The van der Waals surface area contributed by atoms with Gasteiger partial charge in [-0.2, -0.15) is 5.10 Å². The minimum Gasteiger partial charge on any atom is -0.384 e. The minimum absolute atomic E-state index is 0.468. The number of ether oxygens (including phenoxy) is 2. The second-order valence-electron chi connectivity index (χ2n) is 4.51. The summed E-state index contributed by atoms with van der Waals surface area (Å²) in [6, 6.07) is 0. The Bertz CT molecular complexity index is 377. The molecule has 1 aliphatic rings. The number of rotatable bonds is 4. The van der Waals surface area contributed by atoms with Crippen LogP contribution in [0.15, 0.2) is 6.20 Å². The maximum atomic E-state index is 10.7. The van der Waals surface area contributed by atoms with Gasteiger partial charge < -0.3 is 14.6 Å². The molecule has 0 spiro atoms. The van der Waals surface area contributed by atoms with Crippen molar-refractivity contribution in [3.8, 4) is 0 Å². The van der Waals surface area contributed by atoms with Crippen LogP contribution in [0.2, 0.25) is 5.02 Å². The molecule has 0 amide bonds. The van der Waals surface area contributed by atoms with Crippen molar-refractivity contribution in [2.75, 3.05) is 19.8 Å². The van der Waals surface area contributed by atoms with Crippen LogP contribution < -0.4 is 0 Å². The van der Waals surface area contributed by atoms with Crippen LogP contribution >= 0.6 is 11.6 Å². The fraction of sp³-hybridized carbons (Fsp3) is 0.750. The number of aliphatic hydroxyl groups excluding tert-OH is 1. The first-order chi connectivity index (χ1) is 8.60. The van der Waals surface area contributed by atoms with Gasteiger partial charge in [0.05, 0.1) is 16.9 Å². The van der Waals surface area contributed by atoms with Crippen molar-refractivity contribution >= 4 is 11.6 Å². The number of hydrogen-bond donors (Lipinski definition) is 1. The summed E-state index contributed by atoms with van der Waals surface area (Å²) in [6.07, 6.45) is 2.06. The van der Waals surface area contributed by atoms with Gasteiger partial charge in [-0.1, -0.05) is 11.6 Å². The van der Waals surface area contributed by atoms with E-state index in [9.17, 15) is 5.11 Å². The molecule has 1 N–H and O–H groups in total. The second-order valence-corrected chi connectivity index (χ2v) is 4.92. The van der Waals surface area contributed by atoms with Gasteiger partial charge in [-0.15, -0.1) is 0 Å². The van der Waals surface area contributed by atoms with Crippen molar-refractivity contribution in [3.05, 3.63) is 16.9 Å². The van der Waals surface area contributed by atoms with E-state index in [2.05, 4.69) is 5.10 Å².